The zero-order valence-electron chi connectivity index (χ0n) is 26.6. The summed E-state index contributed by atoms with van der Waals surface area (Å²) in [6.45, 7) is 8.88. The van der Waals surface area contributed by atoms with E-state index in [1.165, 1.54) is 128 Å². The minimum Gasteiger partial charge on any atom is -0.433 e. The molecule has 0 saturated heterocycles. The first-order valence-electron chi connectivity index (χ1n) is 15.9. The van der Waals surface area contributed by atoms with Gasteiger partial charge in [-0.2, -0.15) is 16.8 Å². The molecule has 41 heavy (non-hydrogen) atoms. The molecule has 0 rings (SSSR count). The summed E-state index contributed by atoms with van der Waals surface area (Å²) in [6, 6.07) is 0. The van der Waals surface area contributed by atoms with Crippen molar-refractivity contribution < 1.29 is 21.1 Å². The van der Waals surface area contributed by atoms with E-state index in [4.69, 9.17) is 99.4 Å². The van der Waals surface area contributed by atoms with Crippen molar-refractivity contribution in [2.24, 2.45) is 0 Å². The summed E-state index contributed by atoms with van der Waals surface area (Å²) in [6.07, 6.45) is 29.8. The Hall–Kier alpha value is 1.93. The molecule has 0 N–H and O–H groups in total. The van der Waals surface area contributed by atoms with Gasteiger partial charge in [0.05, 0.1) is 0 Å². The molecule has 0 radical (unpaired) electrons. The number of thiocarbonyl (C=S) groups is 4. The van der Waals surface area contributed by atoms with Gasteiger partial charge in [-0.05, 0) is 25.7 Å². The molecule has 0 heterocycles. The SMILES string of the molecule is CCCCCCCC(=S)[S-].CCCCCCCC(=S)[S-].CCCCCCCC(=S)[S-].CCCCCCCC(=S)[S-].[Mo+4]. The fraction of sp³-hybridized carbons (Fsp3) is 0.875. The van der Waals surface area contributed by atoms with Crippen molar-refractivity contribution in [2.45, 2.75) is 182 Å². The average Bonchev–Trinajstić information content (AvgIpc) is 2.89. The first-order valence-corrected chi connectivity index (χ1v) is 19.1. The van der Waals surface area contributed by atoms with E-state index >= 15 is 0 Å². The Morgan fingerprint density at radius 3 is 0.585 bits per heavy atom. The van der Waals surface area contributed by atoms with Crippen molar-refractivity contribution in [1.82, 2.24) is 0 Å². The van der Waals surface area contributed by atoms with Crippen LogP contribution in [0.3, 0.4) is 0 Å². The number of rotatable bonds is 24. The van der Waals surface area contributed by atoms with Gasteiger partial charge >= 0.3 is 21.1 Å². The molecule has 0 atom stereocenters. The van der Waals surface area contributed by atoms with Crippen LogP contribution < -0.4 is 0 Å². The molecule has 0 bridgehead atoms. The molecule has 0 aliphatic carbocycles. The normalized spacial score (nSPS) is 9.46. The van der Waals surface area contributed by atoms with Gasteiger partial charge in [0.25, 0.3) is 0 Å². The molecule has 9 heteroatoms. The molecule has 0 saturated carbocycles. The number of hydrogen-bond acceptors (Lipinski definition) is 8. The van der Waals surface area contributed by atoms with Crippen LogP contribution in [0.2, 0.25) is 0 Å². The quantitative estimate of drug-likeness (QED) is 0.0405. The standard InChI is InChI=1S/4C8H16S2.Mo/c4*1-2-3-4-5-6-7-8(9)10;/h4*2-7H2,1H3,(H,9,10);/q;;;;+4/p-4. The predicted molar refractivity (Wildman–Crippen MR) is 213 cm³/mol. The molecule has 0 aromatic rings. The Bertz CT molecular complexity index is 460. The zero-order chi connectivity index (χ0) is 31.3. The third-order valence-electron chi connectivity index (χ3n) is 5.94. The second-order valence-electron chi connectivity index (χ2n) is 10.1. The predicted octanol–water partition coefficient (Wildman–Crippen LogP) is 12.9. The summed E-state index contributed by atoms with van der Waals surface area (Å²) in [5.41, 5.74) is 0. The van der Waals surface area contributed by atoms with E-state index < -0.39 is 0 Å². The maximum absolute atomic E-state index is 4.79. The molecular weight excluding hydrogens is 737 g/mol. The Morgan fingerprint density at radius 1 is 0.317 bits per heavy atom. The van der Waals surface area contributed by atoms with Gasteiger partial charge in [-0.15, -0.1) is 0 Å². The van der Waals surface area contributed by atoms with Crippen LogP contribution in [-0.2, 0) is 71.6 Å². The van der Waals surface area contributed by atoms with Gasteiger partial charge in [0, 0.05) is 0 Å². The smallest absolute Gasteiger partial charge is 0.433 e. The van der Waals surface area contributed by atoms with E-state index in [2.05, 4.69) is 27.7 Å². The molecule has 0 aromatic carbocycles. The van der Waals surface area contributed by atoms with Gasteiger partial charge < -0.3 is 99.4 Å². The molecule has 0 unspecified atom stereocenters. The Balaban J connectivity index is -0.000000139. The Morgan fingerprint density at radius 2 is 0.463 bits per heavy atom. The van der Waals surface area contributed by atoms with Crippen LogP contribution in [0.5, 0.6) is 0 Å². The molecule has 0 aromatic heterocycles. The first-order chi connectivity index (χ1) is 19.1. The fourth-order valence-electron chi connectivity index (χ4n) is 3.49. The zero-order valence-corrected chi connectivity index (χ0v) is 35.2. The summed E-state index contributed by atoms with van der Waals surface area (Å²) in [4.78, 5) is 0. The maximum Gasteiger partial charge on any atom is 4.00 e. The second-order valence-corrected chi connectivity index (χ2v) is 15.1. The van der Waals surface area contributed by atoms with E-state index in [0.29, 0.717) is 0 Å². The van der Waals surface area contributed by atoms with E-state index in [1.807, 2.05) is 0 Å². The van der Waals surface area contributed by atoms with Gasteiger partial charge in [0.1, 0.15) is 0 Å². The number of hydrogen-bond donors (Lipinski definition) is 0. The number of unbranched alkanes of at least 4 members (excludes halogenated alkanes) is 16. The van der Waals surface area contributed by atoms with Crippen molar-refractivity contribution in [3.8, 4) is 0 Å². The van der Waals surface area contributed by atoms with Crippen LogP contribution in [0.15, 0.2) is 0 Å². The van der Waals surface area contributed by atoms with Crippen LogP contribution in [0.4, 0.5) is 0 Å². The van der Waals surface area contributed by atoms with Crippen molar-refractivity contribution in [1.29, 1.82) is 0 Å². The fourth-order valence-corrected chi connectivity index (χ4v) is 4.65. The molecule has 0 aliphatic heterocycles. The summed E-state index contributed by atoms with van der Waals surface area (Å²) in [7, 11) is 0. The molecule has 0 fully saturated rings. The third kappa shape index (κ3) is 74.6. The van der Waals surface area contributed by atoms with Crippen molar-refractivity contribution in [3.05, 3.63) is 0 Å². The van der Waals surface area contributed by atoms with Crippen LogP contribution in [0.25, 0.3) is 0 Å². The minimum absolute atomic E-state index is 0. The summed E-state index contributed by atoms with van der Waals surface area (Å²) in [5, 5.41) is 0. The van der Waals surface area contributed by atoms with Crippen molar-refractivity contribution in [2.75, 3.05) is 0 Å². The maximum atomic E-state index is 4.79. The van der Waals surface area contributed by atoms with E-state index in [0.717, 1.165) is 42.5 Å². The van der Waals surface area contributed by atoms with Crippen LogP contribution in [0.1, 0.15) is 182 Å². The minimum atomic E-state index is 0. The van der Waals surface area contributed by atoms with Crippen LogP contribution >= 0.6 is 48.9 Å². The molecular formula is C32H60MoS8. The molecule has 0 spiro atoms. The second kappa shape index (κ2) is 48.8. The molecule has 0 aliphatic rings. The van der Waals surface area contributed by atoms with Gasteiger partial charge in [0.15, 0.2) is 0 Å². The third-order valence-corrected chi connectivity index (χ3v) is 7.57. The Labute approximate surface area is 316 Å². The average molecular weight is 797 g/mol. The largest absolute Gasteiger partial charge is 4.00 e. The Kier molecular flexibility index (Phi) is 62.5. The first kappa shape index (κ1) is 52.5. The van der Waals surface area contributed by atoms with E-state index in [1.54, 1.807) is 0 Å². The molecule has 242 valence electrons. The van der Waals surface area contributed by atoms with E-state index in [9.17, 15) is 0 Å². The van der Waals surface area contributed by atoms with Gasteiger partial charge in [-0.25, -0.2) is 0 Å². The topological polar surface area (TPSA) is 0 Å². The molecule has 0 nitrogen and oxygen atoms in total. The van der Waals surface area contributed by atoms with Crippen LogP contribution in [0, 0.1) is 0 Å². The van der Waals surface area contributed by atoms with Gasteiger partial charge in [-0.3, -0.25) is 0 Å². The van der Waals surface area contributed by atoms with Gasteiger partial charge in [-0.1, -0.05) is 156 Å². The van der Waals surface area contributed by atoms with E-state index in [-0.39, 0.29) is 21.1 Å². The van der Waals surface area contributed by atoms with Crippen LogP contribution in [-0.4, -0.2) is 16.8 Å². The molecule has 0 amide bonds. The monoisotopic (exact) mass is 798 g/mol. The van der Waals surface area contributed by atoms with Crippen molar-refractivity contribution >= 4 is 116 Å². The summed E-state index contributed by atoms with van der Waals surface area (Å²) < 4.78 is 2.99. The summed E-state index contributed by atoms with van der Waals surface area (Å²) >= 11 is 38.3. The van der Waals surface area contributed by atoms with Gasteiger partial charge in [0.2, 0.25) is 0 Å². The van der Waals surface area contributed by atoms with Crippen molar-refractivity contribution in [3.63, 3.8) is 0 Å². The summed E-state index contributed by atoms with van der Waals surface area (Å²) in [5.74, 6) is 0.